The predicted octanol–water partition coefficient (Wildman–Crippen LogP) is 5.92. The van der Waals surface area contributed by atoms with E-state index in [9.17, 15) is 18.0 Å². The minimum Gasteiger partial charge on any atom is -0.352 e. The van der Waals surface area contributed by atoms with Gasteiger partial charge in [0.05, 0.1) is 22.0 Å². The van der Waals surface area contributed by atoms with E-state index < -0.39 is 16.1 Å². The van der Waals surface area contributed by atoms with Gasteiger partial charge in [-0.2, -0.15) is 0 Å². The van der Waals surface area contributed by atoms with Crippen LogP contribution in [0.4, 0.5) is 5.69 Å². The van der Waals surface area contributed by atoms with Gasteiger partial charge in [-0.3, -0.25) is 13.9 Å². The summed E-state index contributed by atoms with van der Waals surface area (Å²) in [5.41, 5.74) is 1.20. The van der Waals surface area contributed by atoms with Gasteiger partial charge in [0.15, 0.2) is 0 Å². The number of carbonyl (C=O) groups is 2. The van der Waals surface area contributed by atoms with Crippen LogP contribution in [0.1, 0.15) is 52.0 Å². The molecule has 0 spiro atoms. The number of carbonyl (C=O) groups excluding carboxylic acids is 2. The molecule has 7 nitrogen and oxygen atoms in total. The Morgan fingerprint density at radius 1 is 0.973 bits per heavy atom. The molecule has 11 heteroatoms. The van der Waals surface area contributed by atoms with E-state index in [2.05, 4.69) is 5.32 Å². The van der Waals surface area contributed by atoms with E-state index in [1.807, 2.05) is 20.8 Å². The number of amides is 2. The Hall–Kier alpha value is -2.00. The van der Waals surface area contributed by atoms with E-state index in [-0.39, 0.29) is 43.8 Å². The summed E-state index contributed by atoms with van der Waals surface area (Å²) in [5.74, 6) is -0.494. The minimum atomic E-state index is -3.58. The minimum absolute atomic E-state index is 0.0360. The topological polar surface area (TPSA) is 86.8 Å². The molecule has 0 aliphatic rings. The highest BCUT2D eigenvalue weighted by atomic mass is 35.5. The van der Waals surface area contributed by atoms with Crippen molar-refractivity contribution in [2.45, 2.75) is 65.1 Å². The number of anilines is 1. The summed E-state index contributed by atoms with van der Waals surface area (Å²) in [5, 5.41) is 4.21. The fraction of sp³-hybridized carbons (Fsp3) is 0.462. The van der Waals surface area contributed by atoms with Crippen molar-refractivity contribution in [1.82, 2.24) is 10.2 Å². The van der Waals surface area contributed by atoms with E-state index >= 15 is 0 Å². The van der Waals surface area contributed by atoms with Gasteiger partial charge in [-0.25, -0.2) is 8.42 Å². The van der Waals surface area contributed by atoms with Crippen molar-refractivity contribution in [2.75, 3.05) is 17.1 Å². The van der Waals surface area contributed by atoms with Crippen LogP contribution in [0.25, 0.3) is 0 Å². The fourth-order valence-corrected chi connectivity index (χ4v) is 5.22. The lowest BCUT2D eigenvalue weighted by Crippen LogP contribution is -2.50. The molecule has 2 amide bonds. The van der Waals surface area contributed by atoms with Crippen LogP contribution in [0.3, 0.4) is 0 Å². The summed E-state index contributed by atoms with van der Waals surface area (Å²) in [6, 6.07) is 10.8. The average Bonchev–Trinajstić information content (AvgIpc) is 2.83. The van der Waals surface area contributed by atoms with E-state index in [0.29, 0.717) is 27.2 Å². The molecule has 0 unspecified atom stereocenters. The van der Waals surface area contributed by atoms with Crippen LogP contribution in [0.5, 0.6) is 0 Å². The first-order valence-electron chi connectivity index (χ1n) is 12.1. The lowest BCUT2D eigenvalue weighted by molar-refractivity contribution is -0.141. The highest BCUT2D eigenvalue weighted by molar-refractivity contribution is 7.92. The summed E-state index contributed by atoms with van der Waals surface area (Å²) < 4.78 is 26.1. The number of benzene rings is 2. The van der Waals surface area contributed by atoms with Gasteiger partial charge in [0.1, 0.15) is 6.04 Å². The molecule has 204 valence electrons. The van der Waals surface area contributed by atoms with Crippen molar-refractivity contribution in [3.63, 3.8) is 0 Å². The van der Waals surface area contributed by atoms with Gasteiger partial charge in [0.2, 0.25) is 21.8 Å². The summed E-state index contributed by atoms with van der Waals surface area (Å²) in [4.78, 5) is 28.1. The van der Waals surface area contributed by atoms with Gasteiger partial charge < -0.3 is 10.2 Å². The zero-order valence-electron chi connectivity index (χ0n) is 21.5. The first-order valence-corrected chi connectivity index (χ1v) is 15.1. The van der Waals surface area contributed by atoms with Gasteiger partial charge in [0.25, 0.3) is 0 Å². The second-order valence-electron chi connectivity index (χ2n) is 8.93. The van der Waals surface area contributed by atoms with Crippen molar-refractivity contribution < 1.29 is 18.0 Å². The van der Waals surface area contributed by atoms with Crippen molar-refractivity contribution in [2.24, 2.45) is 0 Å². The fourth-order valence-electron chi connectivity index (χ4n) is 3.81. The van der Waals surface area contributed by atoms with Crippen molar-refractivity contribution in [3.05, 3.63) is 63.1 Å². The van der Waals surface area contributed by atoms with Gasteiger partial charge in [-0.05, 0) is 68.1 Å². The van der Waals surface area contributed by atoms with Gasteiger partial charge in [0, 0.05) is 30.6 Å². The molecule has 0 radical (unpaired) electrons. The molecule has 0 saturated heterocycles. The quantitative estimate of drug-likeness (QED) is 0.314. The standard InChI is InChI=1S/C26H34Cl3N3O4S/c1-5-18(3)30-26(34)24(6-2)31(17-19-9-14-22(28)23(29)16-19)25(33)8-7-15-32(37(4,35)36)21-12-10-20(27)11-13-21/h9-14,16,18,24H,5-8,15,17H2,1-4H3,(H,30,34)/t18-,24+/m0/s1. The number of hydrogen-bond donors (Lipinski definition) is 1. The Bertz CT molecular complexity index is 1180. The summed E-state index contributed by atoms with van der Waals surface area (Å²) in [7, 11) is -3.58. The third-order valence-electron chi connectivity index (χ3n) is 5.99. The Morgan fingerprint density at radius 3 is 2.16 bits per heavy atom. The molecule has 0 aliphatic heterocycles. The smallest absolute Gasteiger partial charge is 0.243 e. The first-order chi connectivity index (χ1) is 17.4. The Balaban J connectivity index is 2.24. The molecule has 2 atom stereocenters. The largest absolute Gasteiger partial charge is 0.352 e. The molecular weight excluding hydrogens is 557 g/mol. The molecule has 0 heterocycles. The van der Waals surface area contributed by atoms with Crippen LogP contribution in [0, 0.1) is 0 Å². The number of hydrogen-bond acceptors (Lipinski definition) is 4. The maximum Gasteiger partial charge on any atom is 0.243 e. The molecule has 37 heavy (non-hydrogen) atoms. The predicted molar refractivity (Wildman–Crippen MR) is 152 cm³/mol. The normalized spacial score (nSPS) is 13.1. The highest BCUT2D eigenvalue weighted by Crippen LogP contribution is 2.25. The maximum absolute atomic E-state index is 13.5. The molecule has 1 N–H and O–H groups in total. The maximum atomic E-state index is 13.5. The summed E-state index contributed by atoms with van der Waals surface area (Å²) in [6.45, 7) is 5.99. The molecule has 0 fully saturated rings. The van der Waals surface area contributed by atoms with Crippen molar-refractivity contribution in [3.8, 4) is 0 Å². The molecule has 0 bridgehead atoms. The third kappa shape index (κ3) is 9.36. The summed E-state index contributed by atoms with van der Waals surface area (Å²) >= 11 is 18.2. The Labute approximate surface area is 235 Å². The number of sulfonamides is 1. The second kappa shape index (κ2) is 14.2. The van der Waals surface area contributed by atoms with Gasteiger partial charge >= 0.3 is 0 Å². The number of nitrogens with one attached hydrogen (secondary N) is 1. The average molecular weight is 591 g/mol. The number of nitrogens with zero attached hydrogens (tertiary/aromatic N) is 2. The Kier molecular flexibility index (Phi) is 12.0. The molecule has 0 saturated carbocycles. The third-order valence-corrected chi connectivity index (χ3v) is 8.18. The van der Waals surface area contributed by atoms with Gasteiger partial charge in [-0.1, -0.05) is 54.7 Å². The molecule has 2 aromatic carbocycles. The number of halogens is 3. The van der Waals surface area contributed by atoms with Crippen LogP contribution < -0.4 is 9.62 Å². The molecule has 2 aromatic rings. The lowest BCUT2D eigenvalue weighted by Gasteiger charge is -2.32. The zero-order valence-corrected chi connectivity index (χ0v) is 24.6. The SMILES string of the molecule is CC[C@H](C(=O)N[C@@H](C)CC)N(Cc1ccc(Cl)c(Cl)c1)C(=O)CCCN(c1ccc(Cl)cc1)S(C)(=O)=O. The van der Waals surface area contributed by atoms with Crippen LogP contribution >= 0.6 is 34.8 Å². The van der Waals surface area contributed by atoms with E-state index in [1.54, 1.807) is 42.5 Å². The molecular formula is C26H34Cl3N3O4S. The van der Waals surface area contributed by atoms with Crippen LogP contribution in [0.15, 0.2) is 42.5 Å². The van der Waals surface area contributed by atoms with Crippen LogP contribution in [-0.2, 0) is 26.2 Å². The zero-order chi connectivity index (χ0) is 27.8. The molecule has 0 aromatic heterocycles. The highest BCUT2D eigenvalue weighted by Gasteiger charge is 2.29. The van der Waals surface area contributed by atoms with Crippen molar-refractivity contribution >= 4 is 62.3 Å². The monoisotopic (exact) mass is 589 g/mol. The van der Waals surface area contributed by atoms with Crippen LogP contribution in [0.2, 0.25) is 15.1 Å². The molecule has 2 rings (SSSR count). The number of rotatable bonds is 13. The van der Waals surface area contributed by atoms with E-state index in [1.165, 1.54) is 9.21 Å². The van der Waals surface area contributed by atoms with Crippen molar-refractivity contribution in [1.29, 1.82) is 0 Å². The van der Waals surface area contributed by atoms with E-state index in [0.717, 1.165) is 18.2 Å². The Morgan fingerprint density at radius 2 is 1.62 bits per heavy atom. The van der Waals surface area contributed by atoms with Gasteiger partial charge in [-0.15, -0.1) is 0 Å². The van der Waals surface area contributed by atoms with Crippen LogP contribution in [-0.4, -0.2) is 50.0 Å². The summed E-state index contributed by atoms with van der Waals surface area (Å²) in [6.07, 6.45) is 2.60. The first kappa shape index (κ1) is 31.2. The lowest BCUT2D eigenvalue weighted by atomic mass is 10.1. The van der Waals surface area contributed by atoms with E-state index in [4.69, 9.17) is 34.8 Å². The second-order valence-corrected chi connectivity index (χ2v) is 12.1. The molecule has 0 aliphatic carbocycles.